The van der Waals surface area contributed by atoms with Crippen LogP contribution in [0, 0.1) is 0 Å². The maximum absolute atomic E-state index is 11.8. The van der Waals surface area contributed by atoms with E-state index in [-0.39, 0.29) is 5.97 Å². The average molecular weight is 262 g/mol. The van der Waals surface area contributed by atoms with E-state index in [4.69, 9.17) is 4.74 Å². The third-order valence-electron chi connectivity index (χ3n) is 2.41. The van der Waals surface area contributed by atoms with E-state index in [0.29, 0.717) is 12.2 Å². The highest BCUT2D eigenvalue weighted by Gasteiger charge is 2.18. The van der Waals surface area contributed by atoms with Crippen LogP contribution in [0.15, 0.2) is 41.6 Å². The van der Waals surface area contributed by atoms with Gasteiger partial charge in [-0.05, 0) is 25.3 Å². The molecule has 1 heterocycles. The van der Waals surface area contributed by atoms with E-state index in [1.165, 1.54) is 11.8 Å². The number of thioether (sulfide) groups is 1. The molecule has 0 N–H and O–H groups in total. The molecule has 0 fully saturated rings. The largest absolute Gasteiger partial charge is 0.462 e. The molecule has 5 heteroatoms. The third kappa shape index (κ3) is 2.41. The monoisotopic (exact) mass is 262 g/mol. The van der Waals surface area contributed by atoms with Gasteiger partial charge in [-0.15, -0.1) is 11.8 Å². The Morgan fingerprint density at radius 2 is 2.11 bits per heavy atom. The Labute approximate surface area is 110 Å². The van der Waals surface area contributed by atoms with Crippen LogP contribution >= 0.6 is 11.8 Å². The van der Waals surface area contributed by atoms with Crippen LogP contribution in [-0.2, 0) is 4.74 Å². The van der Waals surface area contributed by atoms with E-state index >= 15 is 0 Å². The van der Waals surface area contributed by atoms with Gasteiger partial charge >= 0.3 is 5.97 Å². The van der Waals surface area contributed by atoms with Gasteiger partial charge in [-0.25, -0.2) is 9.48 Å². The Bertz CT molecular complexity index is 537. The van der Waals surface area contributed by atoms with E-state index in [0.717, 1.165) is 10.7 Å². The molecule has 0 aliphatic rings. The van der Waals surface area contributed by atoms with Crippen LogP contribution in [-0.4, -0.2) is 28.6 Å². The molecule has 4 nitrogen and oxygen atoms in total. The molecule has 0 atom stereocenters. The fourth-order valence-corrected chi connectivity index (χ4v) is 2.32. The molecule has 1 aromatic carbocycles. The lowest BCUT2D eigenvalue weighted by molar-refractivity contribution is 0.0522. The Kier molecular flexibility index (Phi) is 4.04. The van der Waals surface area contributed by atoms with Gasteiger partial charge in [-0.3, -0.25) is 0 Å². The molecule has 0 aliphatic heterocycles. The van der Waals surface area contributed by atoms with Gasteiger partial charge in [0.15, 0.2) is 0 Å². The summed E-state index contributed by atoms with van der Waals surface area (Å²) in [5, 5.41) is 5.05. The number of carbonyl (C=O) groups is 1. The van der Waals surface area contributed by atoms with Crippen LogP contribution in [0.25, 0.3) is 5.69 Å². The summed E-state index contributed by atoms with van der Waals surface area (Å²) < 4.78 is 6.76. The van der Waals surface area contributed by atoms with Gasteiger partial charge in [0, 0.05) is 0 Å². The number of carbonyl (C=O) groups excluding carboxylic acids is 1. The fourth-order valence-electron chi connectivity index (χ4n) is 1.64. The molecule has 18 heavy (non-hydrogen) atoms. The number of esters is 1. The topological polar surface area (TPSA) is 44.1 Å². The summed E-state index contributed by atoms with van der Waals surface area (Å²) in [4.78, 5) is 11.8. The second-order valence-corrected chi connectivity index (χ2v) is 4.33. The Hall–Kier alpha value is -1.75. The number of hydrogen-bond acceptors (Lipinski definition) is 4. The van der Waals surface area contributed by atoms with Crippen LogP contribution in [0.5, 0.6) is 0 Å². The smallest absolute Gasteiger partial charge is 0.342 e. The fraction of sp³-hybridized carbons (Fsp3) is 0.231. The standard InChI is InChI=1S/C13H14N2O2S/c1-3-17-13(16)11-9-14-15(12(11)18-2)10-7-5-4-6-8-10/h4-9H,3H2,1-2H3. The highest BCUT2D eigenvalue weighted by atomic mass is 32.2. The quantitative estimate of drug-likeness (QED) is 0.628. The van der Waals surface area contributed by atoms with Gasteiger partial charge in [-0.1, -0.05) is 18.2 Å². The summed E-state index contributed by atoms with van der Waals surface area (Å²) in [6, 6.07) is 9.71. The zero-order valence-electron chi connectivity index (χ0n) is 10.3. The summed E-state index contributed by atoms with van der Waals surface area (Å²) in [6.45, 7) is 2.15. The van der Waals surface area contributed by atoms with E-state index in [1.54, 1.807) is 17.8 Å². The zero-order chi connectivity index (χ0) is 13.0. The van der Waals surface area contributed by atoms with E-state index in [1.807, 2.05) is 36.6 Å². The Balaban J connectivity index is 2.42. The van der Waals surface area contributed by atoms with E-state index < -0.39 is 0 Å². The van der Waals surface area contributed by atoms with Crippen molar-refractivity contribution >= 4 is 17.7 Å². The van der Waals surface area contributed by atoms with Gasteiger partial charge in [0.05, 0.1) is 18.5 Å². The summed E-state index contributed by atoms with van der Waals surface area (Å²) in [5.74, 6) is -0.330. The first kappa shape index (κ1) is 12.7. The van der Waals surface area contributed by atoms with E-state index in [2.05, 4.69) is 5.10 Å². The van der Waals surface area contributed by atoms with Gasteiger partial charge in [0.2, 0.25) is 0 Å². The van der Waals surface area contributed by atoms with Gasteiger partial charge in [-0.2, -0.15) is 5.10 Å². The first-order valence-electron chi connectivity index (χ1n) is 5.62. The van der Waals surface area contributed by atoms with Crippen molar-refractivity contribution in [3.8, 4) is 5.69 Å². The van der Waals surface area contributed by atoms with Crippen molar-refractivity contribution in [2.75, 3.05) is 12.9 Å². The van der Waals surface area contributed by atoms with Crippen LogP contribution in [0.3, 0.4) is 0 Å². The number of hydrogen-bond donors (Lipinski definition) is 0. The third-order valence-corrected chi connectivity index (χ3v) is 3.19. The molecule has 0 aliphatic carbocycles. The highest BCUT2D eigenvalue weighted by Crippen LogP contribution is 2.24. The lowest BCUT2D eigenvalue weighted by Gasteiger charge is -2.06. The summed E-state index contributed by atoms with van der Waals surface area (Å²) in [6.07, 6.45) is 3.47. The molecule has 0 amide bonds. The molecule has 0 unspecified atom stereocenters. The van der Waals surface area contributed by atoms with Crippen LogP contribution in [0.1, 0.15) is 17.3 Å². The minimum absolute atomic E-state index is 0.330. The first-order chi connectivity index (χ1) is 8.77. The van der Waals surface area contributed by atoms with Crippen LogP contribution in [0.4, 0.5) is 0 Å². The van der Waals surface area contributed by atoms with Crippen molar-refractivity contribution in [1.82, 2.24) is 9.78 Å². The maximum atomic E-state index is 11.8. The van der Waals surface area contributed by atoms with Crippen LogP contribution in [0.2, 0.25) is 0 Å². The Morgan fingerprint density at radius 1 is 1.39 bits per heavy atom. The van der Waals surface area contributed by atoms with Crippen molar-refractivity contribution in [1.29, 1.82) is 0 Å². The van der Waals surface area contributed by atoms with Crippen molar-refractivity contribution < 1.29 is 9.53 Å². The minimum Gasteiger partial charge on any atom is -0.462 e. The van der Waals surface area contributed by atoms with Crippen LogP contribution < -0.4 is 0 Å². The molecule has 0 spiro atoms. The predicted octanol–water partition coefficient (Wildman–Crippen LogP) is 2.77. The summed E-state index contributed by atoms with van der Waals surface area (Å²) >= 11 is 1.48. The molecular formula is C13H14N2O2S. The normalized spacial score (nSPS) is 10.3. The van der Waals surface area contributed by atoms with Crippen molar-refractivity contribution in [2.45, 2.75) is 11.9 Å². The van der Waals surface area contributed by atoms with Crippen molar-refractivity contribution in [3.63, 3.8) is 0 Å². The first-order valence-corrected chi connectivity index (χ1v) is 6.85. The molecule has 2 aromatic rings. The molecular weight excluding hydrogens is 248 g/mol. The predicted molar refractivity (Wildman–Crippen MR) is 71.3 cm³/mol. The van der Waals surface area contributed by atoms with Gasteiger partial charge in [0.1, 0.15) is 10.6 Å². The maximum Gasteiger partial charge on any atom is 0.342 e. The minimum atomic E-state index is -0.330. The number of para-hydroxylation sites is 1. The van der Waals surface area contributed by atoms with Crippen molar-refractivity contribution in [2.24, 2.45) is 0 Å². The number of rotatable bonds is 4. The van der Waals surface area contributed by atoms with Gasteiger partial charge in [0.25, 0.3) is 0 Å². The summed E-state index contributed by atoms with van der Waals surface area (Å²) in [5.41, 5.74) is 1.44. The summed E-state index contributed by atoms with van der Waals surface area (Å²) in [7, 11) is 0. The average Bonchev–Trinajstić information content (AvgIpc) is 2.83. The molecule has 0 saturated carbocycles. The number of ether oxygens (including phenoxy) is 1. The molecule has 0 bridgehead atoms. The second-order valence-electron chi connectivity index (χ2n) is 3.54. The lowest BCUT2D eigenvalue weighted by Crippen LogP contribution is -2.06. The lowest BCUT2D eigenvalue weighted by atomic mass is 10.3. The zero-order valence-corrected chi connectivity index (χ0v) is 11.1. The second kappa shape index (κ2) is 5.73. The van der Waals surface area contributed by atoms with E-state index in [9.17, 15) is 4.79 Å². The molecule has 0 saturated heterocycles. The molecule has 94 valence electrons. The Morgan fingerprint density at radius 3 is 2.72 bits per heavy atom. The van der Waals surface area contributed by atoms with Gasteiger partial charge < -0.3 is 4.74 Å². The SMILES string of the molecule is CCOC(=O)c1cnn(-c2ccccc2)c1SC. The molecule has 2 rings (SSSR count). The number of aromatic nitrogens is 2. The number of benzene rings is 1. The highest BCUT2D eigenvalue weighted by molar-refractivity contribution is 7.98. The van der Waals surface area contributed by atoms with Crippen molar-refractivity contribution in [3.05, 3.63) is 42.1 Å². The molecule has 1 aromatic heterocycles. The molecule has 0 radical (unpaired) electrons. The number of nitrogens with zero attached hydrogens (tertiary/aromatic N) is 2.